The molecule has 0 saturated carbocycles. The first kappa shape index (κ1) is 13.8. The van der Waals surface area contributed by atoms with Crippen LogP contribution in [0.1, 0.15) is 17.4 Å². The monoisotopic (exact) mass is 281 g/mol. The number of carbonyl (C=O) groups excluding carboxylic acids is 1. The largest absolute Gasteiger partial charge is 0.341 e. The first-order valence-electron chi connectivity index (χ1n) is 5.76. The molecule has 2 rings (SSSR count). The summed E-state index contributed by atoms with van der Waals surface area (Å²) in [5, 5.41) is 0.930. The van der Waals surface area contributed by atoms with Crippen molar-refractivity contribution in [1.29, 1.82) is 0 Å². The number of aryl methyl sites for hydroxylation is 1. The fourth-order valence-electron chi connectivity index (χ4n) is 2.04. The number of nitrogens with zero attached hydrogens (tertiary/aromatic N) is 1. The number of hydrogen-bond acceptors (Lipinski definition) is 4. The van der Waals surface area contributed by atoms with Crippen LogP contribution >= 0.6 is 0 Å². The molecule has 0 aliphatic rings. The summed E-state index contributed by atoms with van der Waals surface area (Å²) in [6.45, 7) is 1.43. The van der Waals surface area contributed by atoms with E-state index in [-0.39, 0.29) is 5.78 Å². The van der Waals surface area contributed by atoms with Crippen molar-refractivity contribution < 1.29 is 17.4 Å². The molecule has 2 aromatic rings. The van der Waals surface area contributed by atoms with Crippen molar-refractivity contribution in [2.45, 2.75) is 13.0 Å². The van der Waals surface area contributed by atoms with E-state index in [1.54, 1.807) is 17.7 Å². The van der Waals surface area contributed by atoms with E-state index in [0.29, 0.717) is 5.69 Å². The molecule has 0 spiro atoms. The lowest BCUT2D eigenvalue weighted by Gasteiger charge is -2.10. The summed E-state index contributed by atoms with van der Waals surface area (Å²) in [7, 11) is -1.88. The number of ketones is 1. The molecule has 1 atom stereocenters. The van der Waals surface area contributed by atoms with Crippen LogP contribution in [0.2, 0.25) is 0 Å². The number of para-hydroxylation sites is 1. The molecule has 1 aromatic heterocycles. The van der Waals surface area contributed by atoms with Crippen LogP contribution in [0.4, 0.5) is 0 Å². The van der Waals surface area contributed by atoms with Crippen LogP contribution in [0.25, 0.3) is 10.9 Å². The van der Waals surface area contributed by atoms with Gasteiger partial charge >= 0.3 is 0 Å². The third kappa shape index (κ3) is 2.85. The molecule has 1 heterocycles. The van der Waals surface area contributed by atoms with Crippen molar-refractivity contribution in [3.8, 4) is 0 Å². The predicted octanol–water partition coefficient (Wildman–Crippen LogP) is 1.73. The van der Waals surface area contributed by atoms with E-state index in [1.807, 2.05) is 24.3 Å². The van der Waals surface area contributed by atoms with Gasteiger partial charge in [0.1, 0.15) is 6.10 Å². The van der Waals surface area contributed by atoms with Crippen LogP contribution in [0.3, 0.4) is 0 Å². The number of rotatable bonds is 4. The molecule has 0 radical (unpaired) electrons. The lowest BCUT2D eigenvalue weighted by atomic mass is 10.2. The second-order valence-electron chi connectivity index (χ2n) is 4.45. The molecule has 0 saturated heterocycles. The summed E-state index contributed by atoms with van der Waals surface area (Å²) in [5.74, 6) is -0.357. The SMILES string of the molecule is C[C@H](OS(C)(=O)=O)C(=O)c1cc2ccccc2n1C. The highest BCUT2D eigenvalue weighted by Gasteiger charge is 2.23. The van der Waals surface area contributed by atoms with Crippen molar-refractivity contribution in [1.82, 2.24) is 4.57 Å². The fourth-order valence-corrected chi connectivity index (χ4v) is 2.65. The van der Waals surface area contributed by atoms with Gasteiger partial charge in [0.15, 0.2) is 0 Å². The Morgan fingerprint density at radius 2 is 1.95 bits per heavy atom. The van der Waals surface area contributed by atoms with E-state index >= 15 is 0 Å². The highest BCUT2D eigenvalue weighted by Crippen LogP contribution is 2.20. The van der Waals surface area contributed by atoms with Crippen molar-refractivity contribution in [2.75, 3.05) is 6.26 Å². The summed E-state index contributed by atoms with van der Waals surface area (Å²) < 4.78 is 28.6. The smallest absolute Gasteiger partial charge is 0.265 e. The maximum absolute atomic E-state index is 12.2. The average molecular weight is 281 g/mol. The van der Waals surface area contributed by atoms with E-state index < -0.39 is 16.2 Å². The standard InChI is InChI=1S/C13H15NO4S/c1-9(18-19(3,16)17)13(15)12-8-10-6-4-5-7-11(10)14(12)2/h4-9H,1-3H3/t9-/m0/s1. The molecule has 0 N–H and O–H groups in total. The van der Waals surface area contributed by atoms with Crippen LogP contribution in [-0.4, -0.2) is 31.1 Å². The van der Waals surface area contributed by atoms with E-state index in [4.69, 9.17) is 4.18 Å². The van der Waals surface area contributed by atoms with Crippen LogP contribution in [0, 0.1) is 0 Å². The zero-order valence-electron chi connectivity index (χ0n) is 11.0. The zero-order chi connectivity index (χ0) is 14.2. The molecule has 0 bridgehead atoms. The first-order chi connectivity index (χ1) is 8.79. The molecule has 102 valence electrons. The molecule has 6 heteroatoms. The van der Waals surface area contributed by atoms with Crippen LogP contribution in [0.15, 0.2) is 30.3 Å². The number of fused-ring (bicyclic) bond motifs is 1. The number of hydrogen-bond donors (Lipinski definition) is 0. The van der Waals surface area contributed by atoms with E-state index in [9.17, 15) is 13.2 Å². The van der Waals surface area contributed by atoms with Gasteiger partial charge in [-0.05, 0) is 19.1 Å². The predicted molar refractivity (Wildman–Crippen MR) is 72.6 cm³/mol. The van der Waals surface area contributed by atoms with Gasteiger partial charge in [-0.25, -0.2) is 0 Å². The van der Waals surface area contributed by atoms with Crippen LogP contribution in [0.5, 0.6) is 0 Å². The van der Waals surface area contributed by atoms with Gasteiger partial charge < -0.3 is 4.57 Å². The molecular weight excluding hydrogens is 266 g/mol. The lowest BCUT2D eigenvalue weighted by molar-refractivity contribution is 0.0819. The average Bonchev–Trinajstić information content (AvgIpc) is 2.64. The molecule has 0 unspecified atom stereocenters. The molecule has 5 nitrogen and oxygen atoms in total. The van der Waals surface area contributed by atoms with Gasteiger partial charge in [0.2, 0.25) is 5.78 Å². The second kappa shape index (κ2) is 4.79. The number of benzene rings is 1. The minimum atomic E-state index is -3.65. The van der Waals surface area contributed by atoms with Gasteiger partial charge in [-0.2, -0.15) is 8.42 Å². The Balaban J connectivity index is 2.39. The number of aromatic nitrogens is 1. The fraction of sp³-hybridized carbons (Fsp3) is 0.308. The topological polar surface area (TPSA) is 65.4 Å². The Hall–Kier alpha value is -1.66. The minimum absolute atomic E-state index is 0.357. The van der Waals surface area contributed by atoms with Gasteiger partial charge in [0.25, 0.3) is 10.1 Å². The molecule has 0 fully saturated rings. The number of carbonyl (C=O) groups is 1. The quantitative estimate of drug-likeness (QED) is 0.632. The Kier molecular flexibility index (Phi) is 3.47. The van der Waals surface area contributed by atoms with Crippen molar-refractivity contribution in [3.63, 3.8) is 0 Å². The zero-order valence-corrected chi connectivity index (χ0v) is 11.8. The second-order valence-corrected chi connectivity index (χ2v) is 6.05. The van der Waals surface area contributed by atoms with Crippen LogP contribution in [-0.2, 0) is 21.3 Å². The third-order valence-corrected chi connectivity index (χ3v) is 3.53. The number of Topliss-reactive ketones (excluding diaryl/α,β-unsaturated/α-hetero) is 1. The third-order valence-electron chi connectivity index (χ3n) is 2.89. The van der Waals surface area contributed by atoms with E-state index in [1.165, 1.54) is 6.92 Å². The molecule has 1 aromatic carbocycles. The normalized spacial score (nSPS) is 13.6. The molecule has 19 heavy (non-hydrogen) atoms. The summed E-state index contributed by atoms with van der Waals surface area (Å²) in [6, 6.07) is 9.29. The van der Waals surface area contributed by atoms with Gasteiger partial charge in [-0.1, -0.05) is 18.2 Å². The van der Waals surface area contributed by atoms with E-state index in [0.717, 1.165) is 17.2 Å². The Labute approximate surface area is 111 Å². The van der Waals surface area contributed by atoms with Gasteiger partial charge in [-0.3, -0.25) is 8.98 Å². The molecule has 0 aliphatic heterocycles. The maximum atomic E-state index is 12.2. The molecular formula is C13H15NO4S. The Morgan fingerprint density at radius 3 is 2.53 bits per heavy atom. The van der Waals surface area contributed by atoms with Gasteiger partial charge in [0, 0.05) is 18.0 Å². The summed E-state index contributed by atoms with van der Waals surface area (Å²) in [4.78, 5) is 12.2. The highest BCUT2D eigenvalue weighted by molar-refractivity contribution is 7.86. The Morgan fingerprint density at radius 1 is 1.32 bits per heavy atom. The minimum Gasteiger partial charge on any atom is -0.341 e. The van der Waals surface area contributed by atoms with Crippen molar-refractivity contribution in [2.24, 2.45) is 7.05 Å². The van der Waals surface area contributed by atoms with E-state index in [2.05, 4.69) is 0 Å². The summed E-state index contributed by atoms with van der Waals surface area (Å²) in [5.41, 5.74) is 1.34. The first-order valence-corrected chi connectivity index (χ1v) is 7.58. The van der Waals surface area contributed by atoms with Crippen molar-refractivity contribution >= 4 is 26.8 Å². The van der Waals surface area contributed by atoms with Gasteiger partial charge in [0.05, 0.1) is 11.9 Å². The van der Waals surface area contributed by atoms with Crippen molar-refractivity contribution in [3.05, 3.63) is 36.0 Å². The molecule has 0 aliphatic carbocycles. The lowest BCUT2D eigenvalue weighted by Crippen LogP contribution is -2.25. The highest BCUT2D eigenvalue weighted by atomic mass is 32.2. The molecule has 0 amide bonds. The van der Waals surface area contributed by atoms with Gasteiger partial charge in [-0.15, -0.1) is 0 Å². The van der Waals surface area contributed by atoms with Crippen LogP contribution < -0.4 is 0 Å². The summed E-state index contributed by atoms with van der Waals surface area (Å²) >= 11 is 0. The maximum Gasteiger partial charge on any atom is 0.265 e. The Bertz CT molecular complexity index is 730. The summed E-state index contributed by atoms with van der Waals surface area (Å²) in [6.07, 6.45) is -0.101.